The van der Waals surface area contributed by atoms with Crippen LogP contribution in [-0.2, 0) is 19.6 Å². The lowest BCUT2D eigenvalue weighted by Crippen LogP contribution is -2.36. The first kappa shape index (κ1) is 19.4. The van der Waals surface area contributed by atoms with Gasteiger partial charge < -0.3 is 9.47 Å². The van der Waals surface area contributed by atoms with E-state index in [9.17, 15) is 13.2 Å². The van der Waals surface area contributed by atoms with E-state index in [0.29, 0.717) is 17.2 Å². The van der Waals surface area contributed by atoms with Gasteiger partial charge in [-0.3, -0.25) is 9.10 Å². The third-order valence-corrected chi connectivity index (χ3v) is 5.72. The van der Waals surface area contributed by atoms with E-state index in [1.165, 1.54) is 19.2 Å². The number of hydrogen-bond donors (Lipinski definition) is 0. The van der Waals surface area contributed by atoms with E-state index in [0.717, 1.165) is 4.31 Å². The van der Waals surface area contributed by atoms with Crippen molar-refractivity contribution in [1.82, 2.24) is 0 Å². The summed E-state index contributed by atoms with van der Waals surface area (Å²) < 4.78 is 37.5. The van der Waals surface area contributed by atoms with Crippen LogP contribution in [0.5, 0.6) is 11.5 Å². The Morgan fingerprint density at radius 2 is 1.36 bits per heavy atom. The summed E-state index contributed by atoms with van der Waals surface area (Å²) in [6.07, 6.45) is 0. The van der Waals surface area contributed by atoms with Crippen LogP contribution < -0.4 is 9.04 Å². The number of hydrogen-bond acceptors (Lipinski definition) is 5. The van der Waals surface area contributed by atoms with Gasteiger partial charge in [0.25, 0.3) is 10.0 Å². The largest absolute Gasteiger partial charge is 0.468 e. The maximum atomic E-state index is 13.0. The minimum atomic E-state index is -3.94. The molecule has 0 aliphatic rings. The topological polar surface area (TPSA) is 72.9 Å². The second-order valence-corrected chi connectivity index (χ2v) is 7.67. The fourth-order valence-electron chi connectivity index (χ4n) is 2.52. The normalized spacial score (nSPS) is 10.9. The number of carbonyl (C=O) groups is 1. The van der Waals surface area contributed by atoms with Gasteiger partial charge in [-0.1, -0.05) is 36.4 Å². The lowest BCUT2D eigenvalue weighted by molar-refractivity contribution is -0.138. The van der Waals surface area contributed by atoms with E-state index < -0.39 is 22.5 Å². The fraction of sp³-hybridized carbons (Fsp3) is 0.0952. The van der Waals surface area contributed by atoms with Crippen molar-refractivity contribution in [3.8, 4) is 11.5 Å². The van der Waals surface area contributed by atoms with Crippen molar-refractivity contribution in [2.75, 3.05) is 18.0 Å². The Hall–Kier alpha value is -3.32. The van der Waals surface area contributed by atoms with Crippen molar-refractivity contribution in [3.63, 3.8) is 0 Å². The lowest BCUT2D eigenvalue weighted by atomic mass is 10.3. The van der Waals surface area contributed by atoms with Gasteiger partial charge in [0.15, 0.2) is 0 Å². The second-order valence-electron chi connectivity index (χ2n) is 5.81. The summed E-state index contributed by atoms with van der Waals surface area (Å²) in [6.45, 7) is -0.438. The summed E-state index contributed by atoms with van der Waals surface area (Å²) in [5, 5.41) is 0. The number of rotatable bonds is 7. The van der Waals surface area contributed by atoms with Crippen molar-refractivity contribution < 1.29 is 22.7 Å². The van der Waals surface area contributed by atoms with E-state index in [2.05, 4.69) is 4.74 Å². The Labute approximate surface area is 164 Å². The Bertz CT molecular complexity index is 1020. The molecule has 0 spiro atoms. The molecule has 0 aliphatic heterocycles. The Morgan fingerprint density at radius 1 is 0.821 bits per heavy atom. The van der Waals surface area contributed by atoms with Crippen LogP contribution in [0.2, 0.25) is 0 Å². The first-order valence-corrected chi connectivity index (χ1v) is 9.92. The molecular weight excluding hydrogens is 378 g/mol. The maximum Gasteiger partial charge on any atom is 0.326 e. The molecule has 0 amide bonds. The predicted octanol–water partition coefficient (Wildman–Crippen LogP) is 3.85. The molecule has 0 fully saturated rings. The van der Waals surface area contributed by atoms with Crippen molar-refractivity contribution in [1.29, 1.82) is 0 Å². The van der Waals surface area contributed by atoms with E-state index in [1.807, 2.05) is 30.3 Å². The lowest BCUT2D eigenvalue weighted by Gasteiger charge is -2.23. The van der Waals surface area contributed by atoms with Crippen molar-refractivity contribution in [2.24, 2.45) is 0 Å². The smallest absolute Gasteiger partial charge is 0.326 e. The molecule has 6 nitrogen and oxygen atoms in total. The number of anilines is 1. The molecule has 3 aromatic rings. The van der Waals surface area contributed by atoms with Gasteiger partial charge >= 0.3 is 5.97 Å². The molecule has 28 heavy (non-hydrogen) atoms. The SMILES string of the molecule is COC(=O)CN(c1ccc(Oc2ccccc2)cc1)S(=O)(=O)c1ccccc1. The summed E-state index contributed by atoms with van der Waals surface area (Å²) in [6, 6.07) is 23.6. The number of sulfonamides is 1. The molecule has 0 atom stereocenters. The number of benzene rings is 3. The van der Waals surface area contributed by atoms with Gasteiger partial charge in [-0.05, 0) is 48.5 Å². The Balaban J connectivity index is 1.91. The fourth-order valence-corrected chi connectivity index (χ4v) is 3.95. The quantitative estimate of drug-likeness (QED) is 0.566. The Kier molecular flexibility index (Phi) is 5.96. The van der Waals surface area contributed by atoms with Crippen LogP contribution in [0.3, 0.4) is 0 Å². The molecule has 144 valence electrons. The van der Waals surface area contributed by atoms with Gasteiger partial charge in [0, 0.05) is 0 Å². The highest BCUT2D eigenvalue weighted by Crippen LogP contribution is 2.28. The van der Waals surface area contributed by atoms with Crippen LogP contribution in [0, 0.1) is 0 Å². The van der Waals surface area contributed by atoms with E-state index in [-0.39, 0.29) is 4.90 Å². The van der Waals surface area contributed by atoms with Gasteiger partial charge in [-0.25, -0.2) is 8.42 Å². The highest BCUT2D eigenvalue weighted by Gasteiger charge is 2.27. The van der Waals surface area contributed by atoms with Crippen LogP contribution in [0.4, 0.5) is 5.69 Å². The van der Waals surface area contributed by atoms with Crippen LogP contribution >= 0.6 is 0 Å². The summed E-state index contributed by atoms with van der Waals surface area (Å²) >= 11 is 0. The zero-order valence-corrected chi connectivity index (χ0v) is 16.0. The molecule has 0 bridgehead atoms. The number of methoxy groups -OCH3 is 1. The number of para-hydroxylation sites is 1. The van der Waals surface area contributed by atoms with Crippen molar-refractivity contribution in [2.45, 2.75) is 4.90 Å². The standard InChI is InChI=1S/C21H19NO5S/c1-26-21(23)16-22(28(24,25)20-10-6-3-7-11-20)17-12-14-19(15-13-17)27-18-8-4-2-5-9-18/h2-15H,16H2,1H3. The summed E-state index contributed by atoms with van der Waals surface area (Å²) in [5.41, 5.74) is 0.328. The predicted molar refractivity (Wildman–Crippen MR) is 106 cm³/mol. The molecule has 0 unspecified atom stereocenters. The van der Waals surface area contributed by atoms with E-state index >= 15 is 0 Å². The van der Waals surface area contributed by atoms with Crippen LogP contribution in [-0.4, -0.2) is 28.0 Å². The average molecular weight is 397 g/mol. The summed E-state index contributed by atoms with van der Waals surface area (Å²) in [7, 11) is -2.72. The number of nitrogens with zero attached hydrogens (tertiary/aromatic N) is 1. The third-order valence-electron chi connectivity index (χ3n) is 3.94. The molecule has 0 aliphatic carbocycles. The minimum Gasteiger partial charge on any atom is -0.468 e. The molecule has 3 rings (SSSR count). The third kappa shape index (κ3) is 4.50. The minimum absolute atomic E-state index is 0.0866. The maximum absolute atomic E-state index is 13.0. The van der Waals surface area contributed by atoms with Gasteiger partial charge in [0.05, 0.1) is 17.7 Å². The van der Waals surface area contributed by atoms with Crippen molar-refractivity contribution >= 4 is 21.7 Å². The first-order chi connectivity index (χ1) is 13.5. The molecule has 3 aromatic carbocycles. The van der Waals surface area contributed by atoms with Crippen molar-refractivity contribution in [3.05, 3.63) is 84.9 Å². The molecule has 0 N–H and O–H groups in total. The number of esters is 1. The highest BCUT2D eigenvalue weighted by molar-refractivity contribution is 7.92. The average Bonchev–Trinajstić information content (AvgIpc) is 2.74. The van der Waals surface area contributed by atoms with Gasteiger partial charge in [0.1, 0.15) is 18.0 Å². The molecule has 0 aromatic heterocycles. The first-order valence-electron chi connectivity index (χ1n) is 8.48. The van der Waals surface area contributed by atoms with Gasteiger partial charge in [-0.2, -0.15) is 0 Å². The number of carbonyl (C=O) groups excluding carboxylic acids is 1. The van der Waals surface area contributed by atoms with Crippen LogP contribution in [0.25, 0.3) is 0 Å². The molecule has 0 saturated carbocycles. The van der Waals surface area contributed by atoms with E-state index in [4.69, 9.17) is 4.74 Å². The molecular formula is C21H19NO5S. The van der Waals surface area contributed by atoms with Crippen LogP contribution in [0.15, 0.2) is 89.8 Å². The molecule has 7 heteroatoms. The Morgan fingerprint density at radius 3 is 1.93 bits per heavy atom. The van der Waals surface area contributed by atoms with Crippen LogP contribution in [0.1, 0.15) is 0 Å². The zero-order chi connectivity index (χ0) is 20.0. The molecule has 0 heterocycles. The summed E-state index contributed by atoms with van der Waals surface area (Å²) in [4.78, 5) is 11.9. The zero-order valence-electron chi connectivity index (χ0n) is 15.2. The summed E-state index contributed by atoms with van der Waals surface area (Å²) in [5.74, 6) is 0.549. The van der Waals surface area contributed by atoms with Gasteiger partial charge in [-0.15, -0.1) is 0 Å². The highest BCUT2D eigenvalue weighted by atomic mass is 32.2. The molecule has 0 saturated heterocycles. The second kappa shape index (κ2) is 8.58. The number of ether oxygens (including phenoxy) is 2. The molecule has 0 radical (unpaired) electrons. The monoisotopic (exact) mass is 397 g/mol. The van der Waals surface area contributed by atoms with Gasteiger partial charge in [0.2, 0.25) is 0 Å². The van der Waals surface area contributed by atoms with E-state index in [1.54, 1.807) is 42.5 Å².